The van der Waals surface area contributed by atoms with E-state index in [-0.39, 0.29) is 5.69 Å². The fourth-order valence-electron chi connectivity index (χ4n) is 2.17. The minimum absolute atomic E-state index is 0.0564. The van der Waals surface area contributed by atoms with Crippen molar-refractivity contribution in [1.82, 2.24) is 0 Å². The van der Waals surface area contributed by atoms with Crippen LogP contribution >= 0.6 is 11.3 Å². The van der Waals surface area contributed by atoms with E-state index in [0.717, 1.165) is 17.0 Å². The van der Waals surface area contributed by atoms with Gasteiger partial charge in [0.05, 0.1) is 23.2 Å². The minimum Gasteiger partial charge on any atom is -0.466 e. The normalized spacial score (nSPS) is 11.5. The summed E-state index contributed by atoms with van der Waals surface area (Å²) in [7, 11) is 1.25. The van der Waals surface area contributed by atoms with Gasteiger partial charge in [-0.3, -0.25) is 0 Å². The van der Waals surface area contributed by atoms with Gasteiger partial charge in [-0.2, -0.15) is 13.2 Å². The summed E-state index contributed by atoms with van der Waals surface area (Å²) in [6.45, 7) is 3.41. The number of hydrogen-bond donors (Lipinski definition) is 2. The molecule has 0 radical (unpaired) electrons. The lowest BCUT2D eigenvalue weighted by atomic mass is 10.1. The van der Waals surface area contributed by atoms with Gasteiger partial charge in [0, 0.05) is 16.6 Å². The third-order valence-electron chi connectivity index (χ3n) is 3.52. The number of carbonyl (C=O) groups is 2. The van der Waals surface area contributed by atoms with Crippen molar-refractivity contribution in [3.8, 4) is 0 Å². The van der Waals surface area contributed by atoms with Crippen molar-refractivity contribution in [2.24, 2.45) is 0 Å². The average Bonchev–Trinajstić information content (AvgIpc) is 2.92. The summed E-state index contributed by atoms with van der Waals surface area (Å²) in [5.74, 6) is -0.545. The Kier molecular flexibility index (Phi) is 6.27. The molecule has 27 heavy (non-hydrogen) atoms. The van der Waals surface area contributed by atoms with Gasteiger partial charge in [0.15, 0.2) is 0 Å². The van der Waals surface area contributed by atoms with E-state index in [0.29, 0.717) is 16.1 Å². The number of rotatable bonds is 4. The minimum atomic E-state index is -4.50. The second-order valence-electron chi connectivity index (χ2n) is 5.60. The Morgan fingerprint density at radius 1 is 1.11 bits per heavy atom. The summed E-state index contributed by atoms with van der Waals surface area (Å²) in [6.07, 6.45) is -1.79. The Labute approximate surface area is 157 Å². The molecular formula is C18H17F3N2O3S. The Hall–Kier alpha value is -2.81. The summed E-state index contributed by atoms with van der Waals surface area (Å²) in [5.41, 5.74) is 0.127. The van der Waals surface area contributed by atoms with Gasteiger partial charge in [0.25, 0.3) is 0 Å². The molecule has 0 fully saturated rings. The summed E-state index contributed by atoms with van der Waals surface area (Å²) >= 11 is 1.34. The molecule has 0 unspecified atom stereocenters. The predicted octanol–water partition coefficient (Wildman–Crippen LogP) is 5.21. The number of thiophene rings is 1. The maximum absolute atomic E-state index is 12.8. The van der Waals surface area contributed by atoms with E-state index in [1.807, 2.05) is 6.92 Å². The Balaban J connectivity index is 2.17. The predicted molar refractivity (Wildman–Crippen MR) is 98.9 cm³/mol. The number of alkyl halides is 3. The van der Waals surface area contributed by atoms with Crippen LogP contribution in [0.5, 0.6) is 0 Å². The number of urea groups is 1. The molecule has 0 aliphatic rings. The van der Waals surface area contributed by atoms with Crippen LogP contribution in [0.2, 0.25) is 0 Å². The average molecular weight is 398 g/mol. The van der Waals surface area contributed by atoms with Crippen molar-refractivity contribution in [2.45, 2.75) is 20.0 Å². The zero-order chi connectivity index (χ0) is 20.2. The maximum Gasteiger partial charge on any atom is 0.416 e. The van der Waals surface area contributed by atoms with Crippen LogP contribution < -0.4 is 10.6 Å². The Morgan fingerprint density at radius 3 is 2.41 bits per heavy atom. The Bertz CT molecular complexity index is 888. The van der Waals surface area contributed by atoms with Crippen LogP contribution in [0, 0.1) is 13.8 Å². The smallest absolute Gasteiger partial charge is 0.416 e. The van der Waals surface area contributed by atoms with Crippen LogP contribution in [0.4, 0.5) is 29.3 Å². The van der Waals surface area contributed by atoms with Crippen LogP contribution in [0.1, 0.15) is 20.9 Å². The van der Waals surface area contributed by atoms with Gasteiger partial charge in [0.1, 0.15) is 0 Å². The highest BCUT2D eigenvalue weighted by atomic mass is 32.1. The summed E-state index contributed by atoms with van der Waals surface area (Å²) in [5, 5.41) is 5.01. The fraction of sp³-hybridized carbons (Fsp3) is 0.222. The highest BCUT2D eigenvalue weighted by Gasteiger charge is 2.31. The number of nitrogens with one attached hydrogen (secondary N) is 2. The zero-order valence-electron chi connectivity index (χ0n) is 14.7. The molecule has 5 nitrogen and oxygen atoms in total. The molecule has 2 aromatic rings. The number of methoxy groups -OCH3 is 1. The summed E-state index contributed by atoms with van der Waals surface area (Å²) in [6, 6.07) is 4.13. The molecule has 9 heteroatoms. The number of aryl methyl sites for hydroxylation is 2. The second kappa shape index (κ2) is 8.26. The lowest BCUT2D eigenvalue weighted by Gasteiger charge is -2.13. The molecular weight excluding hydrogens is 381 g/mol. The first kappa shape index (κ1) is 20.5. The van der Waals surface area contributed by atoms with Crippen LogP contribution in [0.15, 0.2) is 30.3 Å². The fourth-order valence-corrected chi connectivity index (χ4v) is 3.05. The molecule has 1 aromatic heterocycles. The summed E-state index contributed by atoms with van der Waals surface area (Å²) < 4.78 is 43.1. The van der Waals surface area contributed by atoms with E-state index < -0.39 is 23.7 Å². The monoisotopic (exact) mass is 398 g/mol. The zero-order valence-corrected chi connectivity index (χ0v) is 15.5. The van der Waals surface area contributed by atoms with Crippen LogP contribution in [0.25, 0.3) is 6.08 Å². The van der Waals surface area contributed by atoms with E-state index in [2.05, 4.69) is 15.4 Å². The number of hydrogen-bond acceptors (Lipinski definition) is 4. The van der Waals surface area contributed by atoms with Gasteiger partial charge in [-0.15, -0.1) is 11.3 Å². The van der Waals surface area contributed by atoms with Crippen molar-refractivity contribution in [3.05, 3.63) is 51.2 Å². The van der Waals surface area contributed by atoms with Crippen molar-refractivity contribution in [2.75, 3.05) is 17.7 Å². The quantitative estimate of drug-likeness (QED) is 0.549. The lowest BCUT2D eigenvalue weighted by molar-refractivity contribution is -0.137. The molecule has 1 heterocycles. The molecule has 0 aliphatic heterocycles. The van der Waals surface area contributed by atoms with Gasteiger partial charge >= 0.3 is 18.2 Å². The SMILES string of the molecule is COC(=O)/C=C\c1sc(C)cc1NC(=O)Nc1cc(C(F)(F)F)ccc1C. The van der Waals surface area contributed by atoms with Crippen molar-refractivity contribution in [1.29, 1.82) is 0 Å². The molecule has 1 aromatic carbocycles. The molecule has 0 aliphatic carbocycles. The number of esters is 1. The highest BCUT2D eigenvalue weighted by Crippen LogP contribution is 2.32. The number of anilines is 2. The number of carbonyl (C=O) groups excluding carboxylic acids is 2. The van der Waals surface area contributed by atoms with Crippen molar-refractivity contribution >= 4 is 40.8 Å². The molecule has 2 rings (SSSR count). The number of amides is 2. The van der Waals surface area contributed by atoms with Crippen molar-refractivity contribution in [3.63, 3.8) is 0 Å². The number of ether oxygens (including phenoxy) is 1. The van der Waals surface area contributed by atoms with E-state index in [9.17, 15) is 22.8 Å². The molecule has 144 valence electrons. The van der Waals surface area contributed by atoms with Gasteiger partial charge < -0.3 is 15.4 Å². The first-order chi connectivity index (χ1) is 12.6. The maximum atomic E-state index is 12.8. The first-order valence-electron chi connectivity index (χ1n) is 7.72. The molecule has 0 saturated carbocycles. The standard InChI is InChI=1S/C18H17F3N2O3S/c1-10-4-5-12(18(19,20)21)9-13(10)22-17(25)23-14-8-11(2)27-15(14)6-7-16(24)26-3/h4-9H,1-3H3,(H2,22,23,25)/b7-6-. The molecule has 0 atom stereocenters. The van der Waals surface area contributed by atoms with Gasteiger partial charge in [-0.05, 0) is 43.7 Å². The Morgan fingerprint density at radius 2 is 1.78 bits per heavy atom. The van der Waals surface area contributed by atoms with Crippen LogP contribution in [-0.4, -0.2) is 19.1 Å². The largest absolute Gasteiger partial charge is 0.466 e. The highest BCUT2D eigenvalue weighted by molar-refractivity contribution is 7.13. The topological polar surface area (TPSA) is 67.4 Å². The summed E-state index contributed by atoms with van der Waals surface area (Å²) in [4.78, 5) is 24.9. The molecule has 0 bridgehead atoms. The second-order valence-corrected chi connectivity index (χ2v) is 6.89. The molecule has 0 spiro atoms. The van der Waals surface area contributed by atoms with E-state index in [1.54, 1.807) is 13.0 Å². The van der Waals surface area contributed by atoms with Crippen LogP contribution in [-0.2, 0) is 15.7 Å². The van der Waals surface area contributed by atoms with E-state index in [1.165, 1.54) is 36.7 Å². The molecule has 2 amide bonds. The number of halogens is 3. The van der Waals surface area contributed by atoms with E-state index >= 15 is 0 Å². The van der Waals surface area contributed by atoms with Gasteiger partial charge in [0.2, 0.25) is 0 Å². The van der Waals surface area contributed by atoms with Crippen LogP contribution in [0.3, 0.4) is 0 Å². The third kappa shape index (κ3) is 5.58. The van der Waals surface area contributed by atoms with Gasteiger partial charge in [-0.1, -0.05) is 6.07 Å². The third-order valence-corrected chi connectivity index (χ3v) is 4.53. The van der Waals surface area contributed by atoms with Gasteiger partial charge in [-0.25, -0.2) is 9.59 Å². The molecule has 2 N–H and O–H groups in total. The number of benzene rings is 1. The first-order valence-corrected chi connectivity index (χ1v) is 8.54. The molecule has 0 saturated heterocycles. The lowest BCUT2D eigenvalue weighted by Crippen LogP contribution is -2.20. The van der Waals surface area contributed by atoms with Crippen molar-refractivity contribution < 1.29 is 27.5 Å². The van der Waals surface area contributed by atoms with E-state index in [4.69, 9.17) is 0 Å².